The Bertz CT molecular complexity index is 568. The van der Waals surface area contributed by atoms with Crippen LogP contribution in [-0.2, 0) is 4.79 Å². The Kier molecular flexibility index (Phi) is 37.4. The first-order chi connectivity index (χ1) is 22.2. The van der Waals surface area contributed by atoms with Crippen molar-refractivity contribution in [3.63, 3.8) is 0 Å². The number of carbonyl (C=O) groups excluding carboxylic acids is 1. The van der Waals surface area contributed by atoms with Crippen molar-refractivity contribution >= 4 is 6.29 Å². The third-order valence-electron chi connectivity index (χ3n) is 9.18. The van der Waals surface area contributed by atoms with Crippen molar-refractivity contribution in [1.82, 2.24) is 26.0 Å². The molecule has 4 N–H and O–H groups in total. The van der Waals surface area contributed by atoms with Crippen molar-refractivity contribution in [3.05, 3.63) is 0 Å². The van der Waals surface area contributed by atoms with Crippen molar-refractivity contribution in [2.75, 3.05) is 66.0 Å². The minimum absolute atomic E-state index is 0.174. The molecular weight excluding hydrogens is 558 g/mol. The molecule has 7 nitrogen and oxygen atoms in total. The molecule has 45 heavy (non-hydrogen) atoms. The summed E-state index contributed by atoms with van der Waals surface area (Å²) in [6.45, 7) is 13.5. The van der Waals surface area contributed by atoms with Crippen LogP contribution in [0.2, 0.25) is 0 Å². The second-order valence-corrected chi connectivity index (χ2v) is 13.6. The summed E-state index contributed by atoms with van der Waals surface area (Å²) in [6, 6.07) is -0.524. The van der Waals surface area contributed by atoms with Crippen LogP contribution in [0.3, 0.4) is 0 Å². The Morgan fingerprint density at radius 1 is 0.511 bits per heavy atom. The molecule has 0 rings (SSSR count). The molecule has 0 heterocycles. The fourth-order valence-corrected chi connectivity index (χ4v) is 6.18. The quantitative estimate of drug-likeness (QED) is 0.0310. The molecule has 1 atom stereocenters. The zero-order valence-electron chi connectivity index (χ0n) is 30.7. The van der Waals surface area contributed by atoms with Crippen molar-refractivity contribution in [1.29, 1.82) is 0 Å². The number of hydrogen-bond donors (Lipinski definition) is 4. The number of aldehydes is 1. The highest BCUT2D eigenvalue weighted by Crippen LogP contribution is 2.13. The predicted octanol–water partition coefficient (Wildman–Crippen LogP) is 7.87. The summed E-state index contributed by atoms with van der Waals surface area (Å²) in [7, 11) is 2.06. The van der Waals surface area contributed by atoms with Crippen molar-refractivity contribution < 1.29 is 9.90 Å². The van der Waals surface area contributed by atoms with E-state index in [0.717, 1.165) is 32.3 Å². The third kappa shape index (κ3) is 33.1. The summed E-state index contributed by atoms with van der Waals surface area (Å²) >= 11 is 0. The summed E-state index contributed by atoms with van der Waals surface area (Å²) in [6.07, 6.45) is 33.4. The molecule has 0 aliphatic rings. The van der Waals surface area contributed by atoms with Gasteiger partial charge in [-0.05, 0) is 91.4 Å². The first kappa shape index (κ1) is 44.4. The van der Waals surface area contributed by atoms with Gasteiger partial charge >= 0.3 is 0 Å². The van der Waals surface area contributed by atoms with Crippen LogP contribution in [0.4, 0.5) is 0 Å². The van der Waals surface area contributed by atoms with E-state index in [-0.39, 0.29) is 6.61 Å². The lowest BCUT2D eigenvalue weighted by Crippen LogP contribution is -2.44. The third-order valence-corrected chi connectivity index (χ3v) is 9.18. The maximum Gasteiger partial charge on any atom is 0.140 e. The highest BCUT2D eigenvalue weighted by atomic mass is 16.3. The Labute approximate surface area is 281 Å². The molecule has 0 aliphatic carbocycles. The van der Waals surface area contributed by atoms with Gasteiger partial charge in [-0.3, -0.25) is 5.43 Å². The van der Waals surface area contributed by atoms with E-state index in [2.05, 4.69) is 46.9 Å². The first-order valence-corrected chi connectivity index (χ1v) is 19.9. The minimum atomic E-state index is -0.524. The number of aliphatic hydroxyl groups excluding tert-OH is 1. The number of nitrogens with zero attached hydrogens (tertiary/aromatic N) is 2. The maximum absolute atomic E-state index is 10.9. The number of unbranched alkanes of at least 4 members (excludes halogenated alkanes) is 19. The predicted molar refractivity (Wildman–Crippen MR) is 197 cm³/mol. The van der Waals surface area contributed by atoms with Crippen molar-refractivity contribution in [2.45, 2.75) is 174 Å². The monoisotopic (exact) mass is 640 g/mol. The molecule has 0 unspecified atom stereocenters. The number of aliphatic hydroxyl groups is 1. The fraction of sp³-hybridized carbons (Fsp3) is 0.974. The van der Waals surface area contributed by atoms with Crippen LogP contribution in [0.25, 0.3) is 0 Å². The first-order valence-electron chi connectivity index (χ1n) is 19.9. The van der Waals surface area contributed by atoms with Crippen LogP contribution in [0, 0.1) is 0 Å². The smallest absolute Gasteiger partial charge is 0.140 e. The maximum atomic E-state index is 10.9. The van der Waals surface area contributed by atoms with E-state index in [9.17, 15) is 9.90 Å². The van der Waals surface area contributed by atoms with Crippen LogP contribution >= 0.6 is 0 Å². The number of hydrazine groups is 1. The molecule has 0 aromatic heterocycles. The number of hydrogen-bond acceptors (Lipinski definition) is 7. The van der Waals surface area contributed by atoms with E-state index in [0.29, 0.717) is 0 Å². The standard InChI is InChI=1S/C38H81N5O2/c1-4-6-8-10-12-14-16-18-20-22-30-42(34-26-28-39-3)32-24-25-33-43(35-27-29-40-41-38(36-44)37-45)31-23-21-19-17-15-13-11-9-7-5-2/h36,38-41,45H,4-35,37H2,1-3H3/t38-/m0/s1. The highest BCUT2D eigenvalue weighted by molar-refractivity contribution is 5.57. The largest absolute Gasteiger partial charge is 0.394 e. The van der Waals surface area contributed by atoms with Gasteiger partial charge in [-0.25, -0.2) is 5.43 Å². The fourth-order valence-electron chi connectivity index (χ4n) is 6.18. The lowest BCUT2D eigenvalue weighted by Gasteiger charge is -2.25. The highest BCUT2D eigenvalue weighted by Gasteiger charge is 2.09. The van der Waals surface area contributed by atoms with Crippen LogP contribution in [0.5, 0.6) is 0 Å². The van der Waals surface area contributed by atoms with Gasteiger partial charge in [-0.2, -0.15) is 0 Å². The zero-order chi connectivity index (χ0) is 32.9. The van der Waals surface area contributed by atoms with Crippen molar-refractivity contribution in [2.24, 2.45) is 0 Å². The Balaban J connectivity index is 4.38. The molecule has 0 aromatic rings. The summed E-state index contributed by atoms with van der Waals surface area (Å²) in [5.74, 6) is 0. The molecule has 0 fully saturated rings. The van der Waals surface area contributed by atoms with Crippen molar-refractivity contribution in [3.8, 4) is 0 Å². The average Bonchev–Trinajstić information content (AvgIpc) is 3.05. The van der Waals surface area contributed by atoms with E-state index in [1.807, 2.05) is 0 Å². The van der Waals surface area contributed by atoms with Crippen LogP contribution in [-0.4, -0.2) is 93.2 Å². The molecule has 0 saturated carbocycles. The van der Waals surface area contributed by atoms with E-state index in [4.69, 9.17) is 0 Å². The average molecular weight is 640 g/mol. The molecule has 0 aromatic carbocycles. The SMILES string of the molecule is CCCCCCCCCCCCN(CCCCN(CCCCCCCCCCCC)CCCNN[C@@H](C=O)CO)CCCNC. The van der Waals surface area contributed by atoms with Crippen LogP contribution in [0.15, 0.2) is 0 Å². The van der Waals surface area contributed by atoms with Gasteiger partial charge in [0.15, 0.2) is 0 Å². The Hall–Kier alpha value is -0.570. The zero-order valence-corrected chi connectivity index (χ0v) is 30.7. The summed E-state index contributed by atoms with van der Waals surface area (Å²) in [5.41, 5.74) is 6.03. The van der Waals surface area contributed by atoms with E-state index < -0.39 is 6.04 Å². The number of nitrogens with one attached hydrogen (secondary N) is 3. The van der Waals surface area contributed by atoms with Gasteiger partial charge in [0, 0.05) is 6.54 Å². The molecule has 0 bridgehead atoms. The molecule has 0 spiro atoms. The van der Waals surface area contributed by atoms with Gasteiger partial charge in [-0.1, -0.05) is 129 Å². The van der Waals surface area contributed by atoms with Crippen LogP contribution in [0.1, 0.15) is 168 Å². The van der Waals surface area contributed by atoms with Gasteiger partial charge in [0.05, 0.1) is 12.6 Å². The van der Waals surface area contributed by atoms with E-state index in [1.54, 1.807) is 0 Å². The number of carbonyl (C=O) groups is 1. The van der Waals surface area contributed by atoms with E-state index >= 15 is 0 Å². The minimum Gasteiger partial charge on any atom is -0.394 e. The Morgan fingerprint density at radius 3 is 1.20 bits per heavy atom. The number of rotatable bonds is 39. The van der Waals surface area contributed by atoms with Gasteiger partial charge in [0.25, 0.3) is 0 Å². The molecule has 7 heteroatoms. The molecule has 0 aliphatic heterocycles. The molecule has 0 radical (unpaired) electrons. The summed E-state index contributed by atoms with van der Waals surface area (Å²) in [4.78, 5) is 16.3. The summed E-state index contributed by atoms with van der Waals surface area (Å²) < 4.78 is 0. The topological polar surface area (TPSA) is 79.9 Å². The lowest BCUT2D eigenvalue weighted by atomic mass is 10.1. The molecule has 0 amide bonds. The van der Waals surface area contributed by atoms with Gasteiger partial charge in [0.2, 0.25) is 0 Å². The molecular formula is C38H81N5O2. The van der Waals surface area contributed by atoms with Gasteiger partial charge in [0.1, 0.15) is 6.29 Å². The second-order valence-electron chi connectivity index (χ2n) is 13.6. The lowest BCUT2D eigenvalue weighted by molar-refractivity contribution is -0.110. The Morgan fingerprint density at radius 2 is 0.844 bits per heavy atom. The summed E-state index contributed by atoms with van der Waals surface area (Å²) in [5, 5.41) is 12.5. The normalized spacial score (nSPS) is 12.5. The molecule has 0 saturated heterocycles. The van der Waals surface area contributed by atoms with E-state index in [1.165, 1.54) is 180 Å². The van der Waals surface area contributed by atoms with Crippen LogP contribution < -0.4 is 16.2 Å². The van der Waals surface area contributed by atoms with Gasteiger partial charge in [-0.15, -0.1) is 0 Å². The van der Waals surface area contributed by atoms with Gasteiger partial charge < -0.3 is 25.0 Å². The molecule has 270 valence electrons. The second kappa shape index (κ2) is 37.9.